The third kappa shape index (κ3) is 6.71. The first-order valence-corrected chi connectivity index (χ1v) is 7.13. The summed E-state index contributed by atoms with van der Waals surface area (Å²) in [6, 6.07) is 2.48. The molecule has 0 aliphatic heterocycles. The first kappa shape index (κ1) is 16.1. The Hall–Kier alpha value is -0.910. The summed E-state index contributed by atoms with van der Waals surface area (Å²) in [6.45, 7) is 13.4. The lowest BCUT2D eigenvalue weighted by Gasteiger charge is -2.18. The summed E-state index contributed by atoms with van der Waals surface area (Å²) in [7, 11) is 0. The van der Waals surface area contributed by atoms with Gasteiger partial charge in [0.2, 0.25) is 0 Å². The maximum absolute atomic E-state index is 5.38. The van der Waals surface area contributed by atoms with Gasteiger partial charge < -0.3 is 14.6 Å². The van der Waals surface area contributed by atoms with Crippen LogP contribution in [0.25, 0.3) is 0 Å². The van der Waals surface area contributed by atoms with Crippen LogP contribution in [0.5, 0.6) is 0 Å². The van der Waals surface area contributed by atoms with Crippen molar-refractivity contribution in [3.8, 4) is 0 Å². The molecular formula is C14H27N3O2. The van der Waals surface area contributed by atoms with Crippen LogP contribution in [0.3, 0.4) is 0 Å². The van der Waals surface area contributed by atoms with Gasteiger partial charge in [0.1, 0.15) is 0 Å². The molecule has 0 spiro atoms. The fraction of sp³-hybridized carbons (Fsp3) is 0.786. The quantitative estimate of drug-likeness (QED) is 0.659. The second kappa shape index (κ2) is 9.07. The fourth-order valence-electron chi connectivity index (χ4n) is 1.73. The highest BCUT2D eigenvalue weighted by molar-refractivity contribution is 5.05. The van der Waals surface area contributed by atoms with Crippen molar-refractivity contribution in [3.63, 3.8) is 0 Å². The van der Waals surface area contributed by atoms with Crippen LogP contribution in [-0.4, -0.2) is 42.4 Å². The van der Waals surface area contributed by atoms with Crippen LogP contribution in [-0.2, 0) is 17.8 Å². The Morgan fingerprint density at radius 2 is 2.21 bits per heavy atom. The Kier molecular flexibility index (Phi) is 7.70. The molecule has 1 heterocycles. The Labute approximate surface area is 116 Å². The summed E-state index contributed by atoms with van der Waals surface area (Å²) in [5.74, 6) is 0.916. The monoisotopic (exact) mass is 269 g/mol. The maximum Gasteiger partial charge on any atom is 0.151 e. The van der Waals surface area contributed by atoms with E-state index in [4.69, 9.17) is 9.26 Å². The number of hydrogen-bond donors (Lipinski definition) is 1. The number of ether oxygens (including phenoxy) is 1. The van der Waals surface area contributed by atoms with Crippen LogP contribution in [0.15, 0.2) is 10.6 Å². The highest BCUT2D eigenvalue weighted by Crippen LogP contribution is 2.07. The van der Waals surface area contributed by atoms with E-state index in [0.717, 1.165) is 50.8 Å². The van der Waals surface area contributed by atoms with Crippen molar-refractivity contribution in [2.75, 3.05) is 26.3 Å². The van der Waals surface area contributed by atoms with E-state index in [1.165, 1.54) is 0 Å². The molecule has 0 aliphatic rings. The molecule has 0 radical (unpaired) electrons. The van der Waals surface area contributed by atoms with Crippen molar-refractivity contribution in [2.45, 2.75) is 46.8 Å². The second-order valence-electron chi connectivity index (χ2n) is 4.89. The molecule has 0 fully saturated rings. The number of rotatable bonds is 10. The van der Waals surface area contributed by atoms with Gasteiger partial charge >= 0.3 is 0 Å². The van der Waals surface area contributed by atoms with Gasteiger partial charge in [-0.05, 0) is 13.5 Å². The normalized spacial score (nSPS) is 11.7. The van der Waals surface area contributed by atoms with Crippen molar-refractivity contribution in [2.24, 2.45) is 0 Å². The van der Waals surface area contributed by atoms with Gasteiger partial charge in [0, 0.05) is 31.8 Å². The summed E-state index contributed by atoms with van der Waals surface area (Å²) in [5.41, 5.74) is 0.963. The Bertz CT molecular complexity index is 339. The minimum atomic E-state index is 0.457. The molecule has 1 N–H and O–H groups in total. The smallest absolute Gasteiger partial charge is 0.151 e. The number of nitrogens with zero attached hydrogens (tertiary/aromatic N) is 2. The largest absolute Gasteiger partial charge is 0.380 e. The van der Waals surface area contributed by atoms with Gasteiger partial charge in [0.05, 0.1) is 18.8 Å². The average Bonchev–Trinajstić information content (AvgIpc) is 2.83. The third-order valence-corrected chi connectivity index (χ3v) is 2.88. The first-order chi connectivity index (χ1) is 9.15. The van der Waals surface area contributed by atoms with Crippen LogP contribution in [0.2, 0.25) is 0 Å². The van der Waals surface area contributed by atoms with Gasteiger partial charge in [-0.1, -0.05) is 25.9 Å². The molecule has 19 heavy (non-hydrogen) atoms. The fourth-order valence-corrected chi connectivity index (χ4v) is 1.73. The standard InChI is InChI=1S/C14H27N3O2/c1-5-17(7-8-18-6-2)11-14-9-13(16-19-14)10-15-12(3)4/h9,12,15H,5-8,10-11H2,1-4H3. The number of likely N-dealkylation sites (N-methyl/N-ethyl adjacent to an activating group) is 1. The molecule has 0 amide bonds. The molecule has 1 aromatic heterocycles. The van der Waals surface area contributed by atoms with Crippen LogP contribution in [0, 0.1) is 0 Å². The zero-order valence-electron chi connectivity index (χ0n) is 12.6. The molecule has 0 saturated heterocycles. The van der Waals surface area contributed by atoms with Gasteiger partial charge in [-0.3, -0.25) is 4.90 Å². The lowest BCUT2D eigenvalue weighted by Crippen LogP contribution is -2.26. The van der Waals surface area contributed by atoms with E-state index in [-0.39, 0.29) is 0 Å². The Balaban J connectivity index is 2.37. The predicted molar refractivity (Wildman–Crippen MR) is 75.9 cm³/mol. The zero-order valence-corrected chi connectivity index (χ0v) is 12.6. The van der Waals surface area contributed by atoms with Crippen LogP contribution in [0.1, 0.15) is 39.1 Å². The van der Waals surface area contributed by atoms with Gasteiger partial charge in [-0.25, -0.2) is 0 Å². The Morgan fingerprint density at radius 3 is 2.84 bits per heavy atom. The highest BCUT2D eigenvalue weighted by Gasteiger charge is 2.09. The summed E-state index contributed by atoms with van der Waals surface area (Å²) < 4.78 is 10.7. The first-order valence-electron chi connectivity index (χ1n) is 7.13. The number of aromatic nitrogens is 1. The molecule has 0 atom stereocenters. The summed E-state index contributed by atoms with van der Waals surface area (Å²) in [6.07, 6.45) is 0. The van der Waals surface area contributed by atoms with Gasteiger partial charge in [0.15, 0.2) is 5.76 Å². The molecule has 1 rings (SSSR count). The van der Waals surface area contributed by atoms with Crippen LogP contribution >= 0.6 is 0 Å². The molecule has 0 unspecified atom stereocenters. The molecular weight excluding hydrogens is 242 g/mol. The minimum absolute atomic E-state index is 0.457. The molecule has 5 heteroatoms. The average molecular weight is 269 g/mol. The summed E-state index contributed by atoms with van der Waals surface area (Å²) in [5, 5.41) is 7.40. The van der Waals surface area contributed by atoms with E-state index >= 15 is 0 Å². The van der Waals surface area contributed by atoms with Crippen LogP contribution in [0.4, 0.5) is 0 Å². The third-order valence-electron chi connectivity index (χ3n) is 2.88. The predicted octanol–water partition coefficient (Wildman–Crippen LogP) is 2.03. The van der Waals surface area contributed by atoms with Gasteiger partial charge in [-0.2, -0.15) is 0 Å². The number of hydrogen-bond acceptors (Lipinski definition) is 5. The van der Waals surface area contributed by atoms with Crippen molar-refractivity contribution >= 4 is 0 Å². The SMILES string of the molecule is CCOCCN(CC)Cc1cc(CNC(C)C)no1. The molecule has 0 aromatic carbocycles. The van der Waals surface area contributed by atoms with Crippen LogP contribution < -0.4 is 5.32 Å². The van der Waals surface area contributed by atoms with E-state index < -0.39 is 0 Å². The lowest BCUT2D eigenvalue weighted by molar-refractivity contribution is 0.109. The van der Waals surface area contributed by atoms with Crippen molar-refractivity contribution in [1.82, 2.24) is 15.4 Å². The molecule has 0 aliphatic carbocycles. The van der Waals surface area contributed by atoms with Crippen molar-refractivity contribution in [3.05, 3.63) is 17.5 Å². The van der Waals surface area contributed by atoms with Crippen molar-refractivity contribution < 1.29 is 9.26 Å². The second-order valence-corrected chi connectivity index (χ2v) is 4.89. The molecule has 110 valence electrons. The number of nitrogens with one attached hydrogen (secondary N) is 1. The molecule has 1 aromatic rings. The van der Waals surface area contributed by atoms with Gasteiger partial charge in [0.25, 0.3) is 0 Å². The van der Waals surface area contributed by atoms with E-state index in [2.05, 4.69) is 36.1 Å². The zero-order chi connectivity index (χ0) is 14.1. The van der Waals surface area contributed by atoms with Crippen molar-refractivity contribution in [1.29, 1.82) is 0 Å². The maximum atomic E-state index is 5.38. The lowest BCUT2D eigenvalue weighted by atomic mass is 10.3. The Morgan fingerprint density at radius 1 is 1.42 bits per heavy atom. The summed E-state index contributed by atoms with van der Waals surface area (Å²) in [4.78, 5) is 2.29. The highest BCUT2D eigenvalue weighted by atomic mass is 16.5. The minimum Gasteiger partial charge on any atom is -0.380 e. The topological polar surface area (TPSA) is 50.5 Å². The molecule has 5 nitrogen and oxygen atoms in total. The van der Waals surface area contributed by atoms with E-state index in [1.54, 1.807) is 0 Å². The van der Waals surface area contributed by atoms with E-state index in [9.17, 15) is 0 Å². The summed E-state index contributed by atoms with van der Waals surface area (Å²) >= 11 is 0. The van der Waals surface area contributed by atoms with E-state index in [1.807, 2.05) is 13.0 Å². The van der Waals surface area contributed by atoms with Gasteiger partial charge in [-0.15, -0.1) is 0 Å². The molecule has 0 bridgehead atoms. The van der Waals surface area contributed by atoms with E-state index in [0.29, 0.717) is 6.04 Å². The molecule has 0 saturated carbocycles.